The summed E-state index contributed by atoms with van der Waals surface area (Å²) in [5, 5.41) is 2.68. The van der Waals surface area contributed by atoms with Crippen molar-refractivity contribution in [2.24, 2.45) is 0 Å². The smallest absolute Gasteiger partial charge is 0.265 e. The average Bonchev–Trinajstić information content (AvgIpc) is 2.95. The second kappa shape index (κ2) is 8.17. The number of aryl methyl sites for hydroxylation is 1. The highest BCUT2D eigenvalue weighted by molar-refractivity contribution is 7.80. The fourth-order valence-corrected chi connectivity index (χ4v) is 3.73. The maximum absolute atomic E-state index is 12.8. The first-order valence-corrected chi connectivity index (χ1v) is 9.94. The molecule has 0 spiro atoms. The molecule has 2 aromatic rings. The minimum atomic E-state index is -0.480. The van der Waals surface area contributed by atoms with Gasteiger partial charge in [-0.1, -0.05) is 32.1 Å². The second-order valence-electron chi connectivity index (χ2n) is 7.43. The van der Waals surface area contributed by atoms with Gasteiger partial charge in [-0.15, -0.1) is 6.58 Å². The van der Waals surface area contributed by atoms with Crippen molar-refractivity contribution in [3.05, 3.63) is 71.1 Å². The first kappa shape index (κ1) is 20.7. The summed E-state index contributed by atoms with van der Waals surface area (Å²) in [5.74, 6) is -0.423. The molecule has 0 atom stereocenters. The number of carbonyl (C=O) groups excluding carboxylic acids is 2. The number of nitrogens with one attached hydrogen (secondary N) is 1. The van der Waals surface area contributed by atoms with Gasteiger partial charge in [0.25, 0.3) is 11.8 Å². The maximum atomic E-state index is 12.8. The summed E-state index contributed by atoms with van der Waals surface area (Å²) >= 11 is 5.10. The Morgan fingerprint density at radius 1 is 1.17 bits per heavy atom. The number of benzene rings is 1. The van der Waals surface area contributed by atoms with Crippen molar-refractivity contribution in [3.8, 4) is 5.69 Å². The molecule has 0 unspecified atom stereocenters. The summed E-state index contributed by atoms with van der Waals surface area (Å²) in [6.07, 6.45) is 3.21. The predicted octanol–water partition coefficient (Wildman–Crippen LogP) is 4.03. The monoisotopic (exact) mass is 407 g/mol. The van der Waals surface area contributed by atoms with Crippen LogP contribution >= 0.6 is 12.2 Å². The Kier molecular flexibility index (Phi) is 5.84. The third kappa shape index (κ3) is 3.93. The molecule has 3 rings (SSSR count). The number of rotatable bonds is 5. The van der Waals surface area contributed by atoms with Gasteiger partial charge in [-0.2, -0.15) is 0 Å². The van der Waals surface area contributed by atoms with Crippen LogP contribution in [0.5, 0.6) is 0 Å². The number of hydrogen-bond acceptors (Lipinski definition) is 3. The Labute approximate surface area is 176 Å². The van der Waals surface area contributed by atoms with Crippen LogP contribution in [-0.4, -0.2) is 32.9 Å². The van der Waals surface area contributed by atoms with Crippen LogP contribution in [0.15, 0.2) is 48.6 Å². The third-order valence-electron chi connectivity index (χ3n) is 5.09. The fourth-order valence-electron chi connectivity index (χ4n) is 3.48. The largest absolute Gasteiger partial charge is 0.318 e. The van der Waals surface area contributed by atoms with E-state index in [2.05, 4.69) is 54.6 Å². The van der Waals surface area contributed by atoms with Gasteiger partial charge in [0.05, 0.1) is 0 Å². The standard InChI is InChI=1S/C23H25N3O2S/c1-6-11-25-22(28)20(21(27)24-23(25)29)13-18-12-15(4)26(16(18)5)19-9-7-17(8-10-19)14(2)3/h6-10,12-14H,1,11H2,2-5H3,(H,24,27,29)/b20-13+. The topological polar surface area (TPSA) is 54.3 Å². The van der Waals surface area contributed by atoms with E-state index in [0.717, 1.165) is 22.6 Å². The summed E-state index contributed by atoms with van der Waals surface area (Å²) in [7, 11) is 0. The lowest BCUT2D eigenvalue weighted by molar-refractivity contribution is -0.128. The van der Waals surface area contributed by atoms with E-state index >= 15 is 0 Å². The molecule has 29 heavy (non-hydrogen) atoms. The fraction of sp³-hybridized carbons (Fsp3) is 0.261. The highest BCUT2D eigenvalue weighted by atomic mass is 32.1. The zero-order chi connectivity index (χ0) is 21.3. The van der Waals surface area contributed by atoms with E-state index in [1.54, 1.807) is 12.2 Å². The van der Waals surface area contributed by atoms with E-state index < -0.39 is 11.8 Å². The molecule has 1 saturated heterocycles. The lowest BCUT2D eigenvalue weighted by Gasteiger charge is -2.27. The van der Waals surface area contributed by atoms with Gasteiger partial charge in [0.15, 0.2) is 5.11 Å². The summed E-state index contributed by atoms with van der Waals surface area (Å²) in [4.78, 5) is 26.5. The molecule has 1 aromatic carbocycles. The Bertz CT molecular complexity index is 1030. The average molecular weight is 408 g/mol. The quantitative estimate of drug-likeness (QED) is 0.352. The molecule has 0 saturated carbocycles. The van der Waals surface area contributed by atoms with E-state index in [0.29, 0.717) is 5.92 Å². The molecular weight excluding hydrogens is 382 g/mol. The van der Waals surface area contributed by atoms with Crippen molar-refractivity contribution in [1.82, 2.24) is 14.8 Å². The SMILES string of the molecule is C=CCN1C(=O)/C(=C/c2cc(C)n(-c3ccc(C(C)C)cc3)c2C)C(=O)NC1=S. The van der Waals surface area contributed by atoms with Crippen LogP contribution in [0, 0.1) is 13.8 Å². The van der Waals surface area contributed by atoms with Gasteiger partial charge in [-0.3, -0.25) is 19.8 Å². The van der Waals surface area contributed by atoms with Crippen LogP contribution in [0.3, 0.4) is 0 Å². The van der Waals surface area contributed by atoms with Crippen LogP contribution in [-0.2, 0) is 9.59 Å². The lowest BCUT2D eigenvalue weighted by Crippen LogP contribution is -2.53. The minimum absolute atomic E-state index is 0.0656. The molecule has 2 amide bonds. The molecule has 0 aliphatic carbocycles. The van der Waals surface area contributed by atoms with Gasteiger partial charge in [-0.25, -0.2) is 0 Å². The van der Waals surface area contributed by atoms with Crippen LogP contribution < -0.4 is 5.32 Å². The molecule has 0 bridgehead atoms. The second-order valence-corrected chi connectivity index (χ2v) is 7.82. The normalized spacial score (nSPS) is 16.0. The summed E-state index contributed by atoms with van der Waals surface area (Å²) in [5.41, 5.74) is 5.19. The van der Waals surface area contributed by atoms with Crippen molar-refractivity contribution < 1.29 is 9.59 Å². The summed E-state index contributed by atoms with van der Waals surface area (Å²) in [6, 6.07) is 10.4. The van der Waals surface area contributed by atoms with Gasteiger partial charge in [0.2, 0.25) is 0 Å². The van der Waals surface area contributed by atoms with E-state index in [4.69, 9.17) is 12.2 Å². The molecule has 1 aliphatic heterocycles. The Morgan fingerprint density at radius 3 is 2.41 bits per heavy atom. The highest BCUT2D eigenvalue weighted by Gasteiger charge is 2.32. The van der Waals surface area contributed by atoms with Crippen LogP contribution in [0.2, 0.25) is 0 Å². The van der Waals surface area contributed by atoms with Gasteiger partial charge >= 0.3 is 0 Å². The van der Waals surface area contributed by atoms with Crippen molar-refractivity contribution in [1.29, 1.82) is 0 Å². The van der Waals surface area contributed by atoms with Gasteiger partial charge in [-0.05, 0) is 67.4 Å². The molecule has 1 aliphatic rings. The van der Waals surface area contributed by atoms with E-state index in [-0.39, 0.29) is 17.2 Å². The summed E-state index contributed by atoms with van der Waals surface area (Å²) in [6.45, 7) is 12.2. The molecule has 2 heterocycles. The molecule has 150 valence electrons. The zero-order valence-electron chi connectivity index (χ0n) is 17.2. The van der Waals surface area contributed by atoms with Gasteiger partial charge in [0.1, 0.15) is 5.57 Å². The van der Waals surface area contributed by atoms with Crippen molar-refractivity contribution in [2.45, 2.75) is 33.6 Å². The van der Waals surface area contributed by atoms with Crippen molar-refractivity contribution in [2.75, 3.05) is 6.54 Å². The number of carbonyl (C=O) groups is 2. The molecule has 1 fully saturated rings. The number of hydrogen-bond donors (Lipinski definition) is 1. The molecule has 6 heteroatoms. The minimum Gasteiger partial charge on any atom is -0.318 e. The Balaban J connectivity index is 2.01. The number of nitrogens with zero attached hydrogens (tertiary/aromatic N) is 2. The van der Waals surface area contributed by atoms with Crippen LogP contribution in [0.4, 0.5) is 0 Å². The predicted molar refractivity (Wildman–Crippen MR) is 120 cm³/mol. The number of thiocarbonyl (C=S) groups is 1. The molecule has 1 N–H and O–H groups in total. The lowest BCUT2D eigenvalue weighted by atomic mass is 10.0. The van der Waals surface area contributed by atoms with Gasteiger partial charge < -0.3 is 4.57 Å². The molecule has 1 aromatic heterocycles. The van der Waals surface area contributed by atoms with Crippen LogP contribution in [0.1, 0.15) is 42.3 Å². The Hall–Kier alpha value is -2.99. The first-order valence-electron chi connectivity index (χ1n) is 9.53. The maximum Gasteiger partial charge on any atom is 0.265 e. The van der Waals surface area contributed by atoms with Crippen molar-refractivity contribution >= 4 is 35.2 Å². The van der Waals surface area contributed by atoms with E-state index in [1.165, 1.54) is 10.5 Å². The Morgan fingerprint density at radius 2 is 1.83 bits per heavy atom. The van der Waals surface area contributed by atoms with Gasteiger partial charge in [0, 0.05) is 23.6 Å². The van der Waals surface area contributed by atoms with Crippen LogP contribution in [0.25, 0.3) is 11.8 Å². The zero-order valence-corrected chi connectivity index (χ0v) is 18.0. The first-order chi connectivity index (χ1) is 13.7. The van der Waals surface area contributed by atoms with E-state index in [9.17, 15) is 9.59 Å². The molecule has 0 radical (unpaired) electrons. The third-order valence-corrected chi connectivity index (χ3v) is 5.41. The van der Waals surface area contributed by atoms with E-state index in [1.807, 2.05) is 19.9 Å². The number of aromatic nitrogens is 1. The highest BCUT2D eigenvalue weighted by Crippen LogP contribution is 2.25. The number of amides is 2. The summed E-state index contributed by atoms with van der Waals surface area (Å²) < 4.78 is 2.12. The van der Waals surface area contributed by atoms with Crippen molar-refractivity contribution in [3.63, 3.8) is 0 Å². The molecular formula is C23H25N3O2S. The molecule has 5 nitrogen and oxygen atoms in total.